The minimum Gasteiger partial charge on any atom is -0.496 e. The number of para-hydroxylation sites is 1. The molecule has 3 heterocycles. The Bertz CT molecular complexity index is 1320. The van der Waals surface area contributed by atoms with Crippen LogP contribution in [-0.2, 0) is 18.7 Å². The first kappa shape index (κ1) is 21.4. The zero-order valence-corrected chi connectivity index (χ0v) is 19.6. The van der Waals surface area contributed by atoms with Gasteiger partial charge in [-0.15, -0.1) is 21.5 Å². The lowest BCUT2D eigenvalue weighted by molar-refractivity contribution is 0.415. The molecular weight excluding hydrogens is 454 g/mol. The molecule has 2 aromatic carbocycles. The minimum atomic E-state index is 0.532. The molecule has 0 bridgehead atoms. The van der Waals surface area contributed by atoms with Gasteiger partial charge in [-0.05, 0) is 35.6 Å². The molecule has 0 amide bonds. The Morgan fingerprint density at radius 3 is 2.67 bits per heavy atom. The molecule has 0 fully saturated rings. The second-order valence-corrected chi connectivity index (χ2v) is 9.07. The van der Waals surface area contributed by atoms with Gasteiger partial charge in [0.15, 0.2) is 16.8 Å². The number of benzene rings is 2. The minimum absolute atomic E-state index is 0.532. The van der Waals surface area contributed by atoms with Crippen molar-refractivity contribution in [2.24, 2.45) is 0 Å². The predicted molar refractivity (Wildman–Crippen MR) is 129 cm³/mol. The van der Waals surface area contributed by atoms with Crippen LogP contribution in [0.1, 0.15) is 11.4 Å². The number of ether oxygens (including phenoxy) is 1. The Hall–Kier alpha value is -3.43. The second-order valence-electron chi connectivity index (χ2n) is 7.18. The fourth-order valence-corrected chi connectivity index (χ4v) is 4.91. The first-order valence-corrected chi connectivity index (χ1v) is 12.3. The molecule has 5 rings (SSSR count). The molecule has 0 unspecified atom stereocenters. The number of aromatic nitrogens is 5. The number of hydrogen-bond acceptors (Lipinski definition) is 8. The number of aryl methyl sites for hydroxylation is 1. The highest BCUT2D eigenvalue weighted by molar-refractivity contribution is 7.98. The van der Waals surface area contributed by atoms with Crippen LogP contribution in [0.2, 0.25) is 0 Å². The summed E-state index contributed by atoms with van der Waals surface area (Å²) in [7, 11) is 1.67. The van der Waals surface area contributed by atoms with Crippen molar-refractivity contribution < 1.29 is 9.26 Å². The average molecular weight is 476 g/mol. The SMILES string of the molecule is COc1ccccc1-c1nnc(SCc2noc(-c3cccs3)n2)n1CCc1ccccc1. The summed E-state index contributed by atoms with van der Waals surface area (Å²) in [4.78, 5) is 5.48. The van der Waals surface area contributed by atoms with Crippen LogP contribution in [0.3, 0.4) is 0 Å². The molecule has 3 aromatic heterocycles. The third kappa shape index (κ3) is 4.84. The summed E-state index contributed by atoms with van der Waals surface area (Å²) in [6, 6.07) is 22.2. The van der Waals surface area contributed by atoms with Crippen LogP contribution in [-0.4, -0.2) is 32.0 Å². The fraction of sp³-hybridized carbons (Fsp3) is 0.167. The van der Waals surface area contributed by atoms with Gasteiger partial charge in [0, 0.05) is 6.54 Å². The molecular formula is C24H21N5O2S2. The number of nitrogens with zero attached hydrogens (tertiary/aromatic N) is 5. The summed E-state index contributed by atoms with van der Waals surface area (Å²) in [6.07, 6.45) is 0.860. The van der Waals surface area contributed by atoms with Gasteiger partial charge >= 0.3 is 0 Å². The molecule has 0 radical (unpaired) electrons. The number of thiophene rings is 1. The van der Waals surface area contributed by atoms with Crippen LogP contribution < -0.4 is 4.74 Å². The van der Waals surface area contributed by atoms with Crippen LogP contribution in [0.4, 0.5) is 0 Å². The third-order valence-electron chi connectivity index (χ3n) is 5.06. The highest BCUT2D eigenvalue weighted by Crippen LogP contribution is 2.32. The Labute approximate surface area is 199 Å². The van der Waals surface area contributed by atoms with Gasteiger partial charge < -0.3 is 13.8 Å². The van der Waals surface area contributed by atoms with Gasteiger partial charge in [-0.2, -0.15) is 4.98 Å². The molecule has 0 aliphatic heterocycles. The van der Waals surface area contributed by atoms with E-state index in [1.807, 2.05) is 47.8 Å². The lowest BCUT2D eigenvalue weighted by Crippen LogP contribution is -2.06. The zero-order chi connectivity index (χ0) is 22.5. The molecule has 0 saturated carbocycles. The summed E-state index contributed by atoms with van der Waals surface area (Å²) in [6.45, 7) is 0.736. The molecule has 5 aromatic rings. The Kier molecular flexibility index (Phi) is 6.50. The van der Waals surface area contributed by atoms with E-state index in [9.17, 15) is 0 Å². The molecule has 166 valence electrons. The monoisotopic (exact) mass is 475 g/mol. The van der Waals surface area contributed by atoms with Gasteiger partial charge in [-0.3, -0.25) is 0 Å². The van der Waals surface area contributed by atoms with Crippen molar-refractivity contribution >= 4 is 23.1 Å². The summed E-state index contributed by atoms with van der Waals surface area (Å²) in [5.41, 5.74) is 2.17. The first-order valence-electron chi connectivity index (χ1n) is 10.4. The number of thioether (sulfide) groups is 1. The predicted octanol–water partition coefficient (Wildman–Crippen LogP) is 5.60. The second kappa shape index (κ2) is 10.0. The summed E-state index contributed by atoms with van der Waals surface area (Å²) >= 11 is 3.12. The van der Waals surface area contributed by atoms with Crippen LogP contribution in [0.25, 0.3) is 22.2 Å². The zero-order valence-electron chi connectivity index (χ0n) is 17.9. The van der Waals surface area contributed by atoms with Crippen molar-refractivity contribution in [1.82, 2.24) is 24.9 Å². The fourth-order valence-electron chi connectivity index (χ4n) is 3.45. The molecule has 0 saturated heterocycles. The van der Waals surface area contributed by atoms with Crippen molar-refractivity contribution in [2.45, 2.75) is 23.9 Å². The number of hydrogen-bond donors (Lipinski definition) is 0. The van der Waals surface area contributed by atoms with Crippen molar-refractivity contribution in [3.05, 3.63) is 83.5 Å². The molecule has 33 heavy (non-hydrogen) atoms. The normalized spacial score (nSPS) is 11.1. The molecule has 9 heteroatoms. The van der Waals surface area contributed by atoms with E-state index in [1.165, 1.54) is 5.56 Å². The smallest absolute Gasteiger partial charge is 0.268 e. The van der Waals surface area contributed by atoms with Crippen LogP contribution in [0.5, 0.6) is 5.75 Å². The summed E-state index contributed by atoms with van der Waals surface area (Å²) in [5.74, 6) is 3.24. The molecule has 0 atom stereocenters. The van der Waals surface area contributed by atoms with Crippen LogP contribution >= 0.6 is 23.1 Å². The Morgan fingerprint density at radius 2 is 1.85 bits per heavy atom. The summed E-state index contributed by atoms with van der Waals surface area (Å²) < 4.78 is 13.1. The highest BCUT2D eigenvalue weighted by Gasteiger charge is 2.19. The van der Waals surface area contributed by atoms with Crippen LogP contribution in [0, 0.1) is 0 Å². The molecule has 7 nitrogen and oxygen atoms in total. The Balaban J connectivity index is 1.40. The maximum Gasteiger partial charge on any atom is 0.268 e. The van der Waals surface area contributed by atoms with E-state index < -0.39 is 0 Å². The molecule has 0 aliphatic carbocycles. The van der Waals surface area contributed by atoms with Crippen molar-refractivity contribution in [2.75, 3.05) is 7.11 Å². The topological polar surface area (TPSA) is 78.9 Å². The van der Waals surface area contributed by atoms with E-state index in [0.29, 0.717) is 17.5 Å². The lowest BCUT2D eigenvalue weighted by Gasteiger charge is -2.12. The van der Waals surface area contributed by atoms with Gasteiger partial charge in [0.05, 0.1) is 23.3 Å². The molecule has 0 aliphatic rings. The lowest BCUT2D eigenvalue weighted by atomic mass is 10.1. The van der Waals surface area contributed by atoms with Gasteiger partial charge in [-0.25, -0.2) is 0 Å². The largest absolute Gasteiger partial charge is 0.496 e. The quantitative estimate of drug-likeness (QED) is 0.257. The van der Waals surface area contributed by atoms with E-state index in [4.69, 9.17) is 9.26 Å². The third-order valence-corrected chi connectivity index (χ3v) is 6.88. The van der Waals surface area contributed by atoms with E-state index in [2.05, 4.69) is 49.2 Å². The number of methoxy groups -OCH3 is 1. The van der Waals surface area contributed by atoms with Gasteiger partial charge in [0.25, 0.3) is 5.89 Å². The maximum absolute atomic E-state index is 5.57. The van der Waals surface area contributed by atoms with Crippen molar-refractivity contribution in [1.29, 1.82) is 0 Å². The molecule has 0 N–H and O–H groups in total. The van der Waals surface area contributed by atoms with Gasteiger partial charge in [0.1, 0.15) is 5.75 Å². The Morgan fingerprint density at radius 1 is 1.00 bits per heavy atom. The molecule has 0 spiro atoms. The number of rotatable bonds is 9. The van der Waals surface area contributed by atoms with E-state index in [0.717, 1.165) is 40.1 Å². The summed E-state index contributed by atoms with van der Waals surface area (Å²) in [5, 5.41) is 15.9. The first-order chi connectivity index (χ1) is 16.3. The standard InChI is InChI=1S/C24H21N5O2S2/c1-30-19-11-6-5-10-18(19)22-26-27-24(29(22)14-13-17-8-3-2-4-9-17)33-16-21-25-23(31-28-21)20-12-7-15-32-20/h2-12,15H,13-14,16H2,1H3. The highest BCUT2D eigenvalue weighted by atomic mass is 32.2. The van der Waals surface area contributed by atoms with E-state index in [-0.39, 0.29) is 0 Å². The van der Waals surface area contributed by atoms with E-state index in [1.54, 1.807) is 30.2 Å². The van der Waals surface area contributed by atoms with Gasteiger partial charge in [-0.1, -0.05) is 65.4 Å². The van der Waals surface area contributed by atoms with Gasteiger partial charge in [0.2, 0.25) is 0 Å². The van der Waals surface area contributed by atoms with E-state index >= 15 is 0 Å². The van der Waals surface area contributed by atoms with Crippen molar-refractivity contribution in [3.63, 3.8) is 0 Å². The van der Waals surface area contributed by atoms with Crippen LogP contribution in [0.15, 0.2) is 81.8 Å². The average Bonchev–Trinajstić information content (AvgIpc) is 3.63. The van der Waals surface area contributed by atoms with Crippen molar-refractivity contribution in [3.8, 4) is 27.9 Å². The maximum atomic E-state index is 5.57.